The lowest BCUT2D eigenvalue weighted by atomic mass is 9.97. The molecule has 6 aromatic carbocycles. The molecule has 4 heterocycles. The molecule has 0 unspecified atom stereocenters. The van der Waals surface area contributed by atoms with Crippen molar-refractivity contribution in [3.63, 3.8) is 0 Å². The van der Waals surface area contributed by atoms with Gasteiger partial charge in [-0.15, -0.1) is 0 Å². The van der Waals surface area contributed by atoms with Crippen molar-refractivity contribution in [3.8, 4) is 56.2 Å². The van der Waals surface area contributed by atoms with Gasteiger partial charge in [0.05, 0.1) is 16.9 Å². The third kappa shape index (κ3) is 5.03. The Morgan fingerprint density at radius 2 is 0.941 bits per heavy atom. The molecule has 10 aromatic rings. The van der Waals surface area contributed by atoms with E-state index in [0.29, 0.717) is 5.82 Å². The zero-order valence-corrected chi connectivity index (χ0v) is 27.5. The van der Waals surface area contributed by atoms with Gasteiger partial charge in [0.1, 0.15) is 11.2 Å². The molecule has 0 fully saturated rings. The fraction of sp³-hybridized carbons (Fsp3) is 0. The van der Waals surface area contributed by atoms with E-state index in [1.165, 1.54) is 5.56 Å². The van der Waals surface area contributed by atoms with E-state index in [1.54, 1.807) is 0 Å². The number of nitrogens with zero attached hydrogens (tertiary/aromatic N) is 5. The number of hydrogen-bond acceptors (Lipinski definition) is 4. The number of imidazole rings is 1. The second-order valence-corrected chi connectivity index (χ2v) is 12.7. The zero-order valence-electron chi connectivity index (χ0n) is 27.5. The van der Waals surface area contributed by atoms with Gasteiger partial charge in [-0.3, -0.25) is 4.40 Å². The molecule has 0 aliphatic carbocycles. The summed E-state index contributed by atoms with van der Waals surface area (Å²) >= 11 is 0. The van der Waals surface area contributed by atoms with Gasteiger partial charge in [0, 0.05) is 39.0 Å². The Kier molecular flexibility index (Phi) is 6.74. The molecule has 0 N–H and O–H groups in total. The summed E-state index contributed by atoms with van der Waals surface area (Å²) in [5, 5.41) is 3.21. The van der Waals surface area contributed by atoms with Crippen LogP contribution in [0.15, 0.2) is 176 Å². The first kappa shape index (κ1) is 29.0. The molecule has 0 aliphatic rings. The van der Waals surface area contributed by atoms with Crippen molar-refractivity contribution >= 4 is 38.5 Å². The summed E-state index contributed by atoms with van der Waals surface area (Å²) in [6.07, 6.45) is 2.03. The fourth-order valence-corrected chi connectivity index (χ4v) is 7.11. The molecule has 0 atom stereocenters. The number of aromatic nitrogens is 5. The average molecular weight is 652 g/mol. The van der Waals surface area contributed by atoms with Crippen molar-refractivity contribution in [2.75, 3.05) is 0 Å². The van der Waals surface area contributed by atoms with E-state index in [4.69, 9.17) is 19.9 Å². The topological polar surface area (TPSA) is 56.0 Å². The molecule has 10 rings (SSSR count). The number of rotatable bonds is 5. The Bertz CT molecular complexity index is 2910. The van der Waals surface area contributed by atoms with Gasteiger partial charge in [0.2, 0.25) is 0 Å². The minimum atomic E-state index is 0.709. The molecule has 0 radical (unpaired) electrons. The van der Waals surface area contributed by atoms with Crippen LogP contribution < -0.4 is 0 Å². The van der Waals surface area contributed by atoms with E-state index in [1.807, 2.05) is 42.6 Å². The second kappa shape index (κ2) is 11.9. The van der Waals surface area contributed by atoms with Gasteiger partial charge < -0.3 is 0 Å². The lowest BCUT2D eigenvalue weighted by Gasteiger charge is -2.12. The van der Waals surface area contributed by atoms with Crippen molar-refractivity contribution in [3.05, 3.63) is 176 Å². The van der Waals surface area contributed by atoms with Crippen molar-refractivity contribution in [2.24, 2.45) is 0 Å². The first-order chi connectivity index (χ1) is 25.3. The Morgan fingerprint density at radius 1 is 0.353 bits per heavy atom. The van der Waals surface area contributed by atoms with Crippen LogP contribution in [0.25, 0.3) is 94.6 Å². The van der Waals surface area contributed by atoms with Crippen LogP contribution >= 0.6 is 0 Å². The molecule has 51 heavy (non-hydrogen) atoms. The molecule has 0 amide bonds. The Labute approximate surface area is 294 Å². The van der Waals surface area contributed by atoms with Gasteiger partial charge in [0.25, 0.3) is 0 Å². The van der Waals surface area contributed by atoms with Crippen molar-refractivity contribution in [1.29, 1.82) is 0 Å². The highest BCUT2D eigenvalue weighted by atomic mass is 15.1. The third-order valence-corrected chi connectivity index (χ3v) is 9.62. The summed E-state index contributed by atoms with van der Waals surface area (Å²) in [5.41, 5.74) is 13.1. The smallest absolute Gasteiger partial charge is 0.165 e. The molecule has 238 valence electrons. The Balaban J connectivity index is 1.05. The number of fused-ring (bicyclic) bond motifs is 6. The maximum Gasteiger partial charge on any atom is 0.165 e. The maximum absolute atomic E-state index is 5.22. The van der Waals surface area contributed by atoms with Crippen LogP contribution in [0.1, 0.15) is 0 Å². The van der Waals surface area contributed by atoms with Crippen LogP contribution in [-0.4, -0.2) is 24.3 Å². The monoisotopic (exact) mass is 651 g/mol. The van der Waals surface area contributed by atoms with E-state index >= 15 is 0 Å². The summed E-state index contributed by atoms with van der Waals surface area (Å²) in [6.45, 7) is 0. The van der Waals surface area contributed by atoms with Crippen LogP contribution in [0.2, 0.25) is 0 Å². The molecular formula is C46H29N5. The highest BCUT2D eigenvalue weighted by Crippen LogP contribution is 2.36. The van der Waals surface area contributed by atoms with E-state index in [2.05, 4.69) is 138 Å². The predicted octanol–water partition coefficient (Wildman–Crippen LogP) is 11.3. The van der Waals surface area contributed by atoms with Gasteiger partial charge in [-0.1, -0.05) is 140 Å². The van der Waals surface area contributed by atoms with Crippen LogP contribution in [0, 0.1) is 0 Å². The fourth-order valence-electron chi connectivity index (χ4n) is 7.11. The van der Waals surface area contributed by atoms with Crippen molar-refractivity contribution in [2.45, 2.75) is 0 Å². The summed E-state index contributed by atoms with van der Waals surface area (Å²) in [4.78, 5) is 20.3. The number of benzene rings is 6. The van der Waals surface area contributed by atoms with Crippen LogP contribution in [-0.2, 0) is 0 Å². The highest BCUT2D eigenvalue weighted by Gasteiger charge is 2.16. The van der Waals surface area contributed by atoms with Crippen molar-refractivity contribution < 1.29 is 0 Å². The minimum Gasteiger partial charge on any atom is -0.284 e. The molecule has 5 nitrogen and oxygen atoms in total. The zero-order chi connectivity index (χ0) is 33.7. The minimum absolute atomic E-state index is 0.709. The summed E-state index contributed by atoms with van der Waals surface area (Å²) in [6, 6.07) is 58.9. The van der Waals surface area contributed by atoms with E-state index in [0.717, 1.165) is 83.3 Å². The third-order valence-electron chi connectivity index (χ3n) is 9.62. The number of hydrogen-bond donors (Lipinski definition) is 0. The van der Waals surface area contributed by atoms with Gasteiger partial charge in [-0.25, -0.2) is 19.9 Å². The van der Waals surface area contributed by atoms with E-state index < -0.39 is 0 Å². The van der Waals surface area contributed by atoms with E-state index in [-0.39, 0.29) is 0 Å². The first-order valence-corrected chi connectivity index (χ1v) is 17.1. The number of pyridine rings is 2. The standard InChI is InChI=1S/C46H29N5/c1-2-12-30(13-3-1)34-15-11-17-36(29-34)45-47-40-21-7-6-20-39(40)42(49-45)32-25-23-31(24-26-32)33-14-10-16-35(28-33)43-37-18-4-5-19-38(37)44-46(50-43)51-27-9-8-22-41(51)48-44/h1-29H. The maximum atomic E-state index is 5.22. The van der Waals surface area contributed by atoms with Crippen molar-refractivity contribution in [1.82, 2.24) is 24.3 Å². The van der Waals surface area contributed by atoms with E-state index in [9.17, 15) is 0 Å². The van der Waals surface area contributed by atoms with Gasteiger partial charge in [0.15, 0.2) is 11.5 Å². The van der Waals surface area contributed by atoms with Crippen LogP contribution in [0.3, 0.4) is 0 Å². The van der Waals surface area contributed by atoms with Crippen LogP contribution in [0.4, 0.5) is 0 Å². The van der Waals surface area contributed by atoms with Crippen LogP contribution in [0.5, 0.6) is 0 Å². The molecule has 0 saturated carbocycles. The molecule has 0 saturated heterocycles. The lowest BCUT2D eigenvalue weighted by molar-refractivity contribution is 1.19. The summed E-state index contributed by atoms with van der Waals surface area (Å²) in [5.74, 6) is 0.709. The number of para-hydroxylation sites is 1. The Hall–Kier alpha value is -6.98. The molecule has 4 aromatic heterocycles. The second-order valence-electron chi connectivity index (χ2n) is 12.7. The molecule has 0 aliphatic heterocycles. The summed E-state index contributed by atoms with van der Waals surface area (Å²) < 4.78 is 2.07. The average Bonchev–Trinajstić information content (AvgIpc) is 3.59. The van der Waals surface area contributed by atoms with Gasteiger partial charge in [-0.05, 0) is 52.6 Å². The predicted molar refractivity (Wildman–Crippen MR) is 208 cm³/mol. The van der Waals surface area contributed by atoms with Gasteiger partial charge >= 0.3 is 0 Å². The largest absolute Gasteiger partial charge is 0.284 e. The molecule has 0 spiro atoms. The molecule has 5 heteroatoms. The summed E-state index contributed by atoms with van der Waals surface area (Å²) in [7, 11) is 0. The molecule has 0 bridgehead atoms. The van der Waals surface area contributed by atoms with Gasteiger partial charge in [-0.2, -0.15) is 0 Å². The lowest BCUT2D eigenvalue weighted by Crippen LogP contribution is -1.95. The normalized spacial score (nSPS) is 11.5. The molecular weight excluding hydrogens is 623 g/mol. The quantitative estimate of drug-likeness (QED) is 0.186. The first-order valence-electron chi connectivity index (χ1n) is 17.1. The SMILES string of the molecule is c1ccc(-c2cccc(-c3nc(-c4ccc(-c5cccc(-c6nc7c(nc8ccccn87)c7ccccc67)c5)cc4)c4ccccc4n3)c2)cc1. The Morgan fingerprint density at radius 3 is 1.76 bits per heavy atom. The highest BCUT2D eigenvalue weighted by molar-refractivity contribution is 6.09.